The molecule has 14 heavy (non-hydrogen) atoms. The van der Waals surface area contributed by atoms with Crippen LogP contribution in [-0.4, -0.2) is 23.5 Å². The number of carbonyl (C=O) groups is 2. The Balaban J connectivity index is 2.05. The lowest BCUT2D eigenvalue weighted by atomic mass is 10.1. The normalized spacial score (nSPS) is 16.9. The van der Waals surface area contributed by atoms with Crippen molar-refractivity contribution in [2.24, 2.45) is 0 Å². The van der Waals surface area contributed by atoms with Gasteiger partial charge in [-0.05, 0) is 32.1 Å². The minimum absolute atomic E-state index is 0.0846. The van der Waals surface area contributed by atoms with Crippen LogP contribution in [0.3, 0.4) is 0 Å². The second-order valence-electron chi connectivity index (χ2n) is 2.93. The van der Waals surface area contributed by atoms with Crippen LogP contribution in [0.4, 0.5) is 0 Å². The monoisotopic (exact) mass is 194 g/mol. The van der Waals surface area contributed by atoms with Gasteiger partial charge in [-0.3, -0.25) is 9.59 Å². The molecule has 2 N–H and O–H groups in total. The highest BCUT2D eigenvalue weighted by molar-refractivity contribution is 5.95. The van der Waals surface area contributed by atoms with Crippen LogP contribution in [0.15, 0.2) is 0 Å². The van der Waals surface area contributed by atoms with E-state index in [0.29, 0.717) is 18.9 Å². The number of hydrogen-bond acceptors (Lipinski definition) is 2. The number of hydrogen-bond donors (Lipinski definition) is 2. The standard InChI is InChI=1S/C10H12NO3/c12-9(13)6-3-7-11-10(14)8-4-1-2-5-8/h1-2,4-5H,3,6-7H2,(H,11,14)(H,12,13). The third-order valence-corrected chi connectivity index (χ3v) is 1.78. The Morgan fingerprint density at radius 2 is 1.93 bits per heavy atom. The van der Waals surface area contributed by atoms with Crippen LogP contribution in [-0.2, 0) is 9.59 Å². The van der Waals surface area contributed by atoms with Crippen molar-refractivity contribution >= 4 is 11.9 Å². The van der Waals surface area contributed by atoms with Crippen molar-refractivity contribution in [2.45, 2.75) is 12.8 Å². The molecule has 1 fully saturated rings. The van der Waals surface area contributed by atoms with Crippen LogP contribution >= 0.6 is 0 Å². The first kappa shape index (κ1) is 11.0. The van der Waals surface area contributed by atoms with E-state index >= 15 is 0 Å². The van der Waals surface area contributed by atoms with Crippen molar-refractivity contribution in [3.63, 3.8) is 0 Å². The summed E-state index contributed by atoms with van der Waals surface area (Å²) in [6.07, 6.45) is 7.54. The highest BCUT2D eigenvalue weighted by Gasteiger charge is 2.23. The zero-order chi connectivity index (χ0) is 10.4. The molecule has 0 aromatic rings. The molecule has 5 radical (unpaired) electrons. The number of amides is 1. The van der Waals surface area contributed by atoms with Gasteiger partial charge in [0.25, 0.3) is 0 Å². The maximum Gasteiger partial charge on any atom is 0.303 e. The third-order valence-electron chi connectivity index (χ3n) is 1.78. The third kappa shape index (κ3) is 3.77. The minimum atomic E-state index is -0.840. The van der Waals surface area contributed by atoms with Gasteiger partial charge in [-0.2, -0.15) is 0 Å². The summed E-state index contributed by atoms with van der Waals surface area (Å²) >= 11 is 0. The smallest absolute Gasteiger partial charge is 0.303 e. The van der Waals surface area contributed by atoms with E-state index in [1.807, 2.05) is 0 Å². The predicted octanol–water partition coefficient (Wildman–Crippen LogP) is 0.373. The SMILES string of the molecule is O=C(O)CCCNC(=O)[C]1[CH][CH][CH][CH]1. The Hall–Kier alpha value is -1.06. The zero-order valence-corrected chi connectivity index (χ0v) is 7.69. The predicted molar refractivity (Wildman–Crippen MR) is 50.3 cm³/mol. The Labute approximate surface area is 83.7 Å². The molecule has 1 amide bonds. The molecule has 0 heterocycles. The Kier molecular flexibility index (Phi) is 4.43. The van der Waals surface area contributed by atoms with E-state index < -0.39 is 5.97 Å². The lowest BCUT2D eigenvalue weighted by Gasteiger charge is -2.07. The number of carbonyl (C=O) groups excluding carboxylic acids is 1. The average molecular weight is 194 g/mol. The molecule has 0 bridgehead atoms. The van der Waals surface area contributed by atoms with Crippen LogP contribution < -0.4 is 5.32 Å². The first-order valence-electron chi connectivity index (χ1n) is 4.42. The quantitative estimate of drug-likeness (QED) is 0.621. The van der Waals surface area contributed by atoms with Crippen molar-refractivity contribution in [3.8, 4) is 0 Å². The van der Waals surface area contributed by atoms with E-state index in [-0.39, 0.29) is 12.3 Å². The summed E-state index contributed by atoms with van der Waals surface area (Å²) in [5.41, 5.74) is 0. The maximum absolute atomic E-state index is 11.3. The van der Waals surface area contributed by atoms with Crippen LogP contribution in [0.2, 0.25) is 0 Å². The number of carboxylic acids is 1. The van der Waals surface area contributed by atoms with Gasteiger partial charge in [0.05, 0.1) is 5.92 Å². The lowest BCUT2D eigenvalue weighted by Crippen LogP contribution is -2.29. The van der Waals surface area contributed by atoms with Gasteiger partial charge in [0, 0.05) is 13.0 Å². The molecule has 0 aromatic carbocycles. The highest BCUT2D eigenvalue weighted by Crippen LogP contribution is 2.22. The second kappa shape index (κ2) is 5.62. The largest absolute Gasteiger partial charge is 0.481 e. The summed E-state index contributed by atoms with van der Waals surface area (Å²) in [5, 5.41) is 11.0. The summed E-state index contributed by atoms with van der Waals surface area (Å²) in [7, 11) is 0. The van der Waals surface area contributed by atoms with Crippen molar-refractivity contribution in [3.05, 3.63) is 31.6 Å². The molecule has 0 atom stereocenters. The fourth-order valence-electron chi connectivity index (χ4n) is 1.07. The second-order valence-corrected chi connectivity index (χ2v) is 2.93. The van der Waals surface area contributed by atoms with Gasteiger partial charge in [-0.15, -0.1) is 0 Å². The molecular weight excluding hydrogens is 182 g/mol. The molecule has 4 heteroatoms. The fraction of sp³-hybridized carbons (Fsp3) is 0.300. The number of nitrogens with one attached hydrogen (secondary N) is 1. The summed E-state index contributed by atoms with van der Waals surface area (Å²) in [6, 6.07) is 0. The molecule has 0 unspecified atom stereocenters. The van der Waals surface area contributed by atoms with Crippen molar-refractivity contribution in [1.82, 2.24) is 5.32 Å². The molecule has 0 aromatic heterocycles. The zero-order valence-electron chi connectivity index (χ0n) is 7.69. The number of rotatable bonds is 5. The molecule has 75 valence electrons. The van der Waals surface area contributed by atoms with Crippen LogP contribution in [0.1, 0.15) is 12.8 Å². The molecular formula is C10H12NO3. The molecule has 1 aliphatic rings. The van der Waals surface area contributed by atoms with E-state index in [9.17, 15) is 9.59 Å². The number of carboxylic acid groups (broad SMARTS) is 1. The van der Waals surface area contributed by atoms with Crippen molar-refractivity contribution in [2.75, 3.05) is 6.54 Å². The molecule has 1 aliphatic carbocycles. The Morgan fingerprint density at radius 1 is 1.29 bits per heavy atom. The average Bonchev–Trinajstić information content (AvgIpc) is 2.64. The summed E-state index contributed by atoms with van der Waals surface area (Å²) in [5.74, 6) is -0.381. The van der Waals surface area contributed by atoms with Gasteiger partial charge in [-0.25, -0.2) is 0 Å². The maximum atomic E-state index is 11.3. The van der Waals surface area contributed by atoms with Gasteiger partial charge in [0.1, 0.15) is 0 Å². The topological polar surface area (TPSA) is 66.4 Å². The van der Waals surface area contributed by atoms with Gasteiger partial charge in [-0.1, -0.05) is 0 Å². The van der Waals surface area contributed by atoms with Gasteiger partial charge >= 0.3 is 5.97 Å². The van der Waals surface area contributed by atoms with Crippen LogP contribution in [0, 0.1) is 31.6 Å². The molecule has 1 rings (SSSR count). The molecule has 4 nitrogen and oxygen atoms in total. The summed E-state index contributed by atoms with van der Waals surface area (Å²) < 4.78 is 0. The van der Waals surface area contributed by atoms with E-state index in [2.05, 4.69) is 5.32 Å². The van der Waals surface area contributed by atoms with Gasteiger partial charge in [0.2, 0.25) is 5.91 Å². The molecule has 1 saturated carbocycles. The molecule has 0 aliphatic heterocycles. The first-order valence-corrected chi connectivity index (χ1v) is 4.42. The Morgan fingerprint density at radius 3 is 2.50 bits per heavy atom. The van der Waals surface area contributed by atoms with E-state index in [0.717, 1.165) is 0 Å². The number of aliphatic carboxylic acids is 1. The highest BCUT2D eigenvalue weighted by atomic mass is 16.4. The Bertz CT molecular complexity index is 209. The van der Waals surface area contributed by atoms with Gasteiger partial charge < -0.3 is 10.4 Å². The van der Waals surface area contributed by atoms with E-state index in [1.165, 1.54) is 0 Å². The van der Waals surface area contributed by atoms with Crippen LogP contribution in [0.25, 0.3) is 0 Å². The fourth-order valence-corrected chi connectivity index (χ4v) is 1.07. The van der Waals surface area contributed by atoms with Crippen LogP contribution in [0.5, 0.6) is 0 Å². The molecule has 0 spiro atoms. The summed E-state index contributed by atoms with van der Waals surface area (Å²) in [6.45, 7) is 0.399. The van der Waals surface area contributed by atoms with E-state index in [1.54, 1.807) is 25.7 Å². The molecule has 0 saturated heterocycles. The van der Waals surface area contributed by atoms with Crippen molar-refractivity contribution < 1.29 is 14.7 Å². The van der Waals surface area contributed by atoms with Gasteiger partial charge in [0.15, 0.2) is 0 Å². The summed E-state index contributed by atoms with van der Waals surface area (Å²) in [4.78, 5) is 21.5. The first-order chi connectivity index (χ1) is 6.70. The minimum Gasteiger partial charge on any atom is -0.481 e. The lowest BCUT2D eigenvalue weighted by molar-refractivity contribution is -0.137. The van der Waals surface area contributed by atoms with Crippen molar-refractivity contribution in [1.29, 1.82) is 0 Å². The van der Waals surface area contributed by atoms with E-state index in [4.69, 9.17) is 5.11 Å².